The normalized spacial score (nSPS) is 20.3. The SMILES string of the molecule is Cc1ccc2c(NC3CCCCC3O)cccc2c1Oc1ncccc1-c1ccnc(N[C@H]2CCCN(C(=O)OC(C)(C)C)C2)n1. The maximum absolute atomic E-state index is 12.7. The summed E-state index contributed by atoms with van der Waals surface area (Å²) >= 11 is 0. The van der Waals surface area contributed by atoms with Crippen LogP contribution in [-0.2, 0) is 4.74 Å². The molecule has 10 nitrogen and oxygen atoms in total. The number of anilines is 2. The summed E-state index contributed by atoms with van der Waals surface area (Å²) in [5.74, 6) is 1.64. The average molecular weight is 625 g/mol. The number of piperidine rings is 1. The van der Waals surface area contributed by atoms with Crippen molar-refractivity contribution in [3.63, 3.8) is 0 Å². The molecule has 1 amide bonds. The zero-order valence-electron chi connectivity index (χ0n) is 27.1. The van der Waals surface area contributed by atoms with Crippen molar-refractivity contribution in [2.75, 3.05) is 23.7 Å². The fraction of sp³-hybridized carbons (Fsp3) is 0.444. The molecule has 10 heteroatoms. The van der Waals surface area contributed by atoms with Crippen LogP contribution in [-0.4, -0.2) is 67.9 Å². The van der Waals surface area contributed by atoms with Crippen molar-refractivity contribution in [1.82, 2.24) is 19.9 Å². The lowest BCUT2D eigenvalue weighted by Crippen LogP contribution is -2.47. The van der Waals surface area contributed by atoms with E-state index in [-0.39, 0.29) is 24.3 Å². The summed E-state index contributed by atoms with van der Waals surface area (Å²) in [5.41, 5.74) is 2.83. The lowest BCUT2D eigenvalue weighted by Gasteiger charge is -2.34. The smallest absolute Gasteiger partial charge is 0.410 e. The van der Waals surface area contributed by atoms with Crippen LogP contribution in [0.25, 0.3) is 22.0 Å². The fourth-order valence-corrected chi connectivity index (χ4v) is 6.29. The van der Waals surface area contributed by atoms with Gasteiger partial charge in [-0.25, -0.2) is 19.7 Å². The highest BCUT2D eigenvalue weighted by Crippen LogP contribution is 2.39. The van der Waals surface area contributed by atoms with Gasteiger partial charge in [-0.3, -0.25) is 0 Å². The molecule has 2 aromatic carbocycles. The maximum Gasteiger partial charge on any atom is 0.410 e. The number of hydrogen-bond donors (Lipinski definition) is 3. The molecule has 1 aliphatic heterocycles. The van der Waals surface area contributed by atoms with Crippen LogP contribution < -0.4 is 15.4 Å². The van der Waals surface area contributed by atoms with E-state index in [1.807, 2.05) is 52.0 Å². The van der Waals surface area contributed by atoms with E-state index in [9.17, 15) is 9.90 Å². The Kier molecular flexibility index (Phi) is 9.26. The standard InChI is InChI=1S/C36H44N6O4/c1-23-16-17-25-26(11-7-14-28(25)40-30-13-5-6-15-31(30)43)32(23)45-33-27(12-8-19-37-33)29-18-20-38-34(41-29)39-24-10-9-21-42(22-24)35(44)46-36(2,3)4/h7-8,11-12,14,16-20,24,30-31,40,43H,5-6,9-10,13,15,21-22H2,1-4H3,(H,38,39,41)/t24-,30?,31?/m0/s1. The lowest BCUT2D eigenvalue weighted by atomic mass is 9.92. The quantitative estimate of drug-likeness (QED) is 0.194. The van der Waals surface area contributed by atoms with Crippen molar-refractivity contribution < 1.29 is 19.4 Å². The van der Waals surface area contributed by atoms with E-state index in [4.69, 9.17) is 14.5 Å². The Morgan fingerprint density at radius 3 is 2.61 bits per heavy atom. The summed E-state index contributed by atoms with van der Waals surface area (Å²) < 4.78 is 12.2. The molecular formula is C36H44N6O4. The summed E-state index contributed by atoms with van der Waals surface area (Å²) in [4.78, 5) is 28.3. The van der Waals surface area contributed by atoms with Gasteiger partial charge in [0, 0.05) is 48.0 Å². The molecule has 3 heterocycles. The van der Waals surface area contributed by atoms with Gasteiger partial charge in [-0.15, -0.1) is 0 Å². The Balaban J connectivity index is 1.23. The number of aryl methyl sites for hydroxylation is 1. The largest absolute Gasteiger partial charge is 0.444 e. The van der Waals surface area contributed by atoms with Gasteiger partial charge in [0.15, 0.2) is 0 Å². The molecule has 0 radical (unpaired) electrons. The highest BCUT2D eigenvalue weighted by Gasteiger charge is 2.28. The van der Waals surface area contributed by atoms with E-state index < -0.39 is 5.60 Å². The fourth-order valence-electron chi connectivity index (χ4n) is 6.29. The minimum atomic E-state index is -0.541. The average Bonchev–Trinajstić information content (AvgIpc) is 3.03. The van der Waals surface area contributed by atoms with E-state index in [0.29, 0.717) is 30.6 Å². The summed E-state index contributed by atoms with van der Waals surface area (Å²) in [6.45, 7) is 8.83. The maximum atomic E-state index is 12.7. The Hall–Kier alpha value is -4.44. The molecule has 2 aromatic heterocycles. The minimum Gasteiger partial charge on any atom is -0.444 e. The summed E-state index contributed by atoms with van der Waals surface area (Å²) in [6, 6.07) is 16.0. The number of carbonyl (C=O) groups is 1. The number of benzene rings is 2. The number of carbonyl (C=O) groups excluding carboxylic acids is 1. The lowest BCUT2D eigenvalue weighted by molar-refractivity contribution is 0.0206. The topological polar surface area (TPSA) is 122 Å². The van der Waals surface area contributed by atoms with E-state index >= 15 is 0 Å². The van der Waals surface area contributed by atoms with Crippen molar-refractivity contribution in [3.05, 3.63) is 66.5 Å². The van der Waals surface area contributed by atoms with Crippen LogP contribution in [0.5, 0.6) is 11.6 Å². The third-order valence-electron chi connectivity index (χ3n) is 8.59. The molecule has 46 heavy (non-hydrogen) atoms. The second-order valence-electron chi connectivity index (χ2n) is 13.3. The van der Waals surface area contributed by atoms with Crippen LogP contribution in [0, 0.1) is 6.92 Å². The van der Waals surface area contributed by atoms with Crippen molar-refractivity contribution in [3.8, 4) is 22.9 Å². The third-order valence-corrected chi connectivity index (χ3v) is 8.59. The number of pyridine rings is 1. The first-order valence-corrected chi connectivity index (χ1v) is 16.3. The molecule has 6 rings (SSSR count). The number of hydrogen-bond acceptors (Lipinski definition) is 9. The number of nitrogens with one attached hydrogen (secondary N) is 2. The number of fused-ring (bicyclic) bond motifs is 1. The van der Waals surface area contributed by atoms with E-state index in [1.165, 1.54) is 0 Å². The van der Waals surface area contributed by atoms with Gasteiger partial charge >= 0.3 is 6.09 Å². The van der Waals surface area contributed by atoms with Gasteiger partial charge in [-0.2, -0.15) is 0 Å². The molecule has 1 aliphatic carbocycles. The summed E-state index contributed by atoms with van der Waals surface area (Å²) in [6.07, 6.45) is 8.48. The van der Waals surface area contributed by atoms with Gasteiger partial charge in [-0.1, -0.05) is 37.1 Å². The summed E-state index contributed by atoms with van der Waals surface area (Å²) in [5, 5.41) is 19.6. The Labute approximate surface area is 270 Å². The van der Waals surface area contributed by atoms with Crippen LogP contribution >= 0.6 is 0 Å². The monoisotopic (exact) mass is 624 g/mol. The third kappa shape index (κ3) is 7.33. The molecule has 3 N–H and O–H groups in total. The molecule has 2 aliphatic rings. The Bertz CT molecular complexity index is 1690. The van der Waals surface area contributed by atoms with Crippen LogP contribution in [0.2, 0.25) is 0 Å². The molecular weight excluding hydrogens is 580 g/mol. The Morgan fingerprint density at radius 2 is 1.78 bits per heavy atom. The molecule has 1 saturated heterocycles. The number of rotatable bonds is 7. The molecule has 0 bridgehead atoms. The summed E-state index contributed by atoms with van der Waals surface area (Å²) in [7, 11) is 0. The van der Waals surface area contributed by atoms with Crippen molar-refractivity contribution in [1.29, 1.82) is 0 Å². The molecule has 1 saturated carbocycles. The second-order valence-corrected chi connectivity index (χ2v) is 13.3. The molecule has 3 atom stereocenters. The number of ether oxygens (including phenoxy) is 2. The van der Waals surface area contributed by atoms with E-state index in [1.54, 1.807) is 17.3 Å². The van der Waals surface area contributed by atoms with E-state index in [0.717, 1.165) is 71.9 Å². The van der Waals surface area contributed by atoms with Crippen molar-refractivity contribution >= 4 is 28.5 Å². The van der Waals surface area contributed by atoms with Gasteiger partial charge in [0.2, 0.25) is 11.8 Å². The van der Waals surface area contributed by atoms with Gasteiger partial charge in [0.05, 0.1) is 23.4 Å². The number of aliphatic hydroxyl groups excluding tert-OH is 1. The van der Waals surface area contributed by atoms with Gasteiger partial charge in [0.25, 0.3) is 0 Å². The van der Waals surface area contributed by atoms with Crippen LogP contribution in [0.1, 0.15) is 64.9 Å². The Morgan fingerprint density at radius 1 is 0.935 bits per heavy atom. The zero-order chi connectivity index (χ0) is 32.3. The number of nitrogens with zero attached hydrogens (tertiary/aromatic N) is 4. The van der Waals surface area contributed by atoms with Crippen LogP contribution in [0.15, 0.2) is 60.9 Å². The molecule has 0 spiro atoms. The van der Waals surface area contributed by atoms with Gasteiger partial charge < -0.3 is 30.1 Å². The number of amides is 1. The predicted octanol–water partition coefficient (Wildman–Crippen LogP) is 7.32. The highest BCUT2D eigenvalue weighted by molar-refractivity contribution is 5.98. The highest BCUT2D eigenvalue weighted by atomic mass is 16.6. The van der Waals surface area contributed by atoms with Gasteiger partial charge in [-0.05, 0) is 83.2 Å². The first kappa shape index (κ1) is 31.5. The number of aliphatic hydroxyl groups is 1. The van der Waals surface area contributed by atoms with Crippen LogP contribution in [0.4, 0.5) is 16.4 Å². The van der Waals surface area contributed by atoms with Gasteiger partial charge in [0.1, 0.15) is 11.4 Å². The first-order chi connectivity index (χ1) is 22.1. The predicted molar refractivity (Wildman–Crippen MR) is 180 cm³/mol. The molecule has 4 aromatic rings. The molecule has 242 valence electrons. The van der Waals surface area contributed by atoms with Crippen molar-refractivity contribution in [2.45, 2.75) is 90.0 Å². The van der Waals surface area contributed by atoms with E-state index in [2.05, 4.69) is 44.9 Å². The molecule has 2 unspecified atom stereocenters. The zero-order valence-corrected chi connectivity index (χ0v) is 27.1. The first-order valence-electron chi connectivity index (χ1n) is 16.3. The second kappa shape index (κ2) is 13.5. The minimum absolute atomic E-state index is 0.00278. The van der Waals surface area contributed by atoms with Crippen LogP contribution in [0.3, 0.4) is 0 Å². The number of aromatic nitrogens is 3. The van der Waals surface area contributed by atoms with Crippen molar-refractivity contribution in [2.24, 2.45) is 0 Å². The number of likely N-dealkylation sites (tertiary alicyclic amines) is 1. The molecule has 2 fully saturated rings.